The zero-order valence-electron chi connectivity index (χ0n) is 17.0. The summed E-state index contributed by atoms with van der Waals surface area (Å²) in [7, 11) is -6.43. The molecule has 1 saturated carbocycles. The summed E-state index contributed by atoms with van der Waals surface area (Å²) in [5.74, 6) is 0.186. The van der Waals surface area contributed by atoms with E-state index in [0.717, 1.165) is 18.4 Å². The summed E-state index contributed by atoms with van der Waals surface area (Å²) in [6, 6.07) is 9.10. The third-order valence-electron chi connectivity index (χ3n) is 6.11. The zero-order valence-corrected chi connectivity index (χ0v) is 18.7. The summed E-state index contributed by atoms with van der Waals surface area (Å²) >= 11 is 0. The molecule has 1 aromatic rings. The molecule has 4 rings (SSSR count). The molecule has 1 aromatic carbocycles. The minimum absolute atomic E-state index is 0.0155. The van der Waals surface area contributed by atoms with E-state index in [0.29, 0.717) is 32.6 Å². The van der Waals surface area contributed by atoms with Gasteiger partial charge in [0.15, 0.2) is 9.84 Å². The van der Waals surface area contributed by atoms with Gasteiger partial charge in [-0.2, -0.15) is 4.31 Å². The van der Waals surface area contributed by atoms with E-state index in [-0.39, 0.29) is 41.8 Å². The smallest absolute Gasteiger partial charge is 0.237 e. The maximum Gasteiger partial charge on any atom is 0.237 e. The number of sulfonamides is 1. The molecule has 3 fully saturated rings. The first-order chi connectivity index (χ1) is 14.2. The molecule has 1 aliphatic carbocycles. The molecule has 0 spiro atoms. The summed E-state index contributed by atoms with van der Waals surface area (Å²) < 4.78 is 50.6. The molecule has 0 aromatic heterocycles. The summed E-state index contributed by atoms with van der Waals surface area (Å²) in [5.41, 5.74) is 0.765. The van der Waals surface area contributed by atoms with Crippen molar-refractivity contribution < 1.29 is 21.6 Å². The number of carbonyl (C=O) groups is 1. The molecule has 1 atom stereocenters. The molecule has 0 N–H and O–H groups in total. The van der Waals surface area contributed by atoms with Gasteiger partial charge in [0.2, 0.25) is 15.9 Å². The highest BCUT2D eigenvalue weighted by atomic mass is 32.2. The van der Waals surface area contributed by atoms with Crippen LogP contribution in [0.15, 0.2) is 30.3 Å². The zero-order chi connectivity index (χ0) is 21.4. The second-order valence-electron chi connectivity index (χ2n) is 8.51. The maximum absolute atomic E-state index is 13.0. The van der Waals surface area contributed by atoms with Gasteiger partial charge < -0.3 is 4.90 Å². The lowest BCUT2D eigenvalue weighted by Crippen LogP contribution is -2.53. The first-order valence-corrected chi connectivity index (χ1v) is 13.9. The van der Waals surface area contributed by atoms with Gasteiger partial charge in [0.25, 0.3) is 0 Å². The third kappa shape index (κ3) is 5.22. The quantitative estimate of drug-likeness (QED) is 0.587. The van der Waals surface area contributed by atoms with E-state index in [1.807, 2.05) is 40.1 Å². The van der Waals surface area contributed by atoms with Gasteiger partial charge in [0.1, 0.15) is 0 Å². The van der Waals surface area contributed by atoms with Crippen molar-refractivity contribution in [1.29, 1.82) is 0 Å². The first-order valence-electron chi connectivity index (χ1n) is 10.5. The van der Waals surface area contributed by atoms with Crippen LogP contribution in [0.25, 0.3) is 0 Å². The van der Waals surface area contributed by atoms with Crippen LogP contribution < -0.4 is 0 Å². The number of piperazine rings is 1. The number of nitrogens with zero attached hydrogens (tertiary/aromatic N) is 3. The summed E-state index contributed by atoms with van der Waals surface area (Å²) in [6.45, 7) is 1.95. The Kier molecular flexibility index (Phi) is 6.20. The average Bonchev–Trinajstić information content (AvgIpc) is 3.45. The van der Waals surface area contributed by atoms with Gasteiger partial charge in [0, 0.05) is 38.3 Å². The van der Waals surface area contributed by atoms with Crippen LogP contribution in [0.4, 0.5) is 0 Å². The lowest BCUT2D eigenvalue weighted by molar-refractivity contribution is -0.135. The van der Waals surface area contributed by atoms with Crippen molar-refractivity contribution in [3.05, 3.63) is 35.9 Å². The van der Waals surface area contributed by atoms with E-state index in [9.17, 15) is 21.6 Å². The number of hydrogen-bond donors (Lipinski definition) is 0. The Balaban J connectivity index is 1.31. The Morgan fingerprint density at radius 1 is 1.00 bits per heavy atom. The second-order valence-corrected chi connectivity index (χ2v) is 12.7. The van der Waals surface area contributed by atoms with E-state index in [2.05, 4.69) is 0 Å². The van der Waals surface area contributed by atoms with E-state index in [4.69, 9.17) is 0 Å². The first kappa shape index (κ1) is 21.7. The van der Waals surface area contributed by atoms with Crippen LogP contribution in [0.2, 0.25) is 0 Å². The molecule has 3 aliphatic rings. The Bertz CT molecular complexity index is 969. The van der Waals surface area contributed by atoms with Crippen molar-refractivity contribution in [1.82, 2.24) is 14.1 Å². The Hall–Kier alpha value is -1.49. The van der Waals surface area contributed by atoms with Crippen LogP contribution in [0, 0.1) is 0 Å². The molecule has 8 nitrogen and oxygen atoms in total. The number of hydrogen-bond acceptors (Lipinski definition) is 6. The van der Waals surface area contributed by atoms with Crippen LogP contribution in [0.1, 0.15) is 24.8 Å². The Morgan fingerprint density at radius 3 is 2.23 bits per heavy atom. The highest BCUT2D eigenvalue weighted by molar-refractivity contribution is 7.91. The average molecular weight is 456 g/mol. The largest absolute Gasteiger partial charge is 0.335 e. The lowest BCUT2D eigenvalue weighted by atomic mass is 10.2. The predicted octanol–water partition coefficient (Wildman–Crippen LogP) is 0.312. The molecule has 0 radical (unpaired) electrons. The number of carbonyl (C=O) groups excluding carboxylic acids is 1. The van der Waals surface area contributed by atoms with Crippen molar-refractivity contribution in [2.75, 3.05) is 44.2 Å². The minimum Gasteiger partial charge on any atom is -0.335 e. The van der Waals surface area contributed by atoms with E-state index in [1.165, 1.54) is 4.31 Å². The fourth-order valence-electron chi connectivity index (χ4n) is 4.37. The molecule has 10 heteroatoms. The third-order valence-corrected chi connectivity index (χ3v) is 9.71. The van der Waals surface area contributed by atoms with Crippen molar-refractivity contribution in [2.24, 2.45) is 0 Å². The normalized spacial score (nSPS) is 25.3. The molecular formula is C20H29N3O5S2. The monoisotopic (exact) mass is 455 g/mol. The summed E-state index contributed by atoms with van der Waals surface area (Å²) in [6.07, 6.45) is 2.40. The topological polar surface area (TPSA) is 95.1 Å². The van der Waals surface area contributed by atoms with Crippen LogP contribution in [0.5, 0.6) is 0 Å². The molecule has 2 aliphatic heterocycles. The molecule has 166 valence electrons. The molecule has 0 unspecified atom stereocenters. The van der Waals surface area contributed by atoms with Crippen molar-refractivity contribution >= 4 is 25.8 Å². The molecule has 0 bridgehead atoms. The number of rotatable bonds is 7. The minimum atomic E-state index is -3.39. The van der Waals surface area contributed by atoms with Gasteiger partial charge in [0.05, 0.1) is 23.8 Å². The van der Waals surface area contributed by atoms with Gasteiger partial charge in [-0.25, -0.2) is 16.8 Å². The Morgan fingerprint density at radius 2 is 1.67 bits per heavy atom. The highest BCUT2D eigenvalue weighted by Gasteiger charge is 2.42. The van der Waals surface area contributed by atoms with Crippen LogP contribution in [-0.2, 0) is 30.4 Å². The molecule has 1 amide bonds. The van der Waals surface area contributed by atoms with Gasteiger partial charge in [-0.05, 0) is 24.8 Å². The van der Waals surface area contributed by atoms with Crippen LogP contribution in [0.3, 0.4) is 0 Å². The number of sulfone groups is 1. The molecular weight excluding hydrogens is 426 g/mol. The standard InChI is InChI=1S/C20H29N3O5S2/c24-20(23(18-6-7-18)19-8-13-29(25,26)16-19)14-21-9-11-22(12-10-21)30(27,28)15-17-4-2-1-3-5-17/h1-5,18-19H,6-16H2/t19-/m1/s1. The number of benzene rings is 1. The molecule has 2 heterocycles. The van der Waals surface area contributed by atoms with Crippen LogP contribution >= 0.6 is 0 Å². The predicted molar refractivity (Wildman–Crippen MR) is 114 cm³/mol. The summed E-state index contributed by atoms with van der Waals surface area (Å²) in [4.78, 5) is 16.8. The molecule has 30 heavy (non-hydrogen) atoms. The fourth-order valence-corrected chi connectivity index (χ4v) is 7.60. The Labute approximate surface area is 178 Å². The van der Waals surface area contributed by atoms with Crippen molar-refractivity contribution in [3.63, 3.8) is 0 Å². The van der Waals surface area contributed by atoms with Gasteiger partial charge >= 0.3 is 0 Å². The maximum atomic E-state index is 13.0. The van der Waals surface area contributed by atoms with E-state index < -0.39 is 19.9 Å². The van der Waals surface area contributed by atoms with Crippen molar-refractivity contribution in [3.8, 4) is 0 Å². The second kappa shape index (κ2) is 8.57. The lowest BCUT2D eigenvalue weighted by Gasteiger charge is -2.36. The van der Waals surface area contributed by atoms with E-state index in [1.54, 1.807) is 0 Å². The van der Waals surface area contributed by atoms with Gasteiger partial charge in [-0.15, -0.1) is 0 Å². The fraction of sp³-hybridized carbons (Fsp3) is 0.650. The SMILES string of the molecule is O=C(CN1CCN(S(=O)(=O)Cc2ccccc2)CC1)N(C1CC1)[C@@H]1CCS(=O)(=O)C1. The van der Waals surface area contributed by atoms with Crippen molar-refractivity contribution in [2.45, 2.75) is 37.1 Å². The van der Waals surface area contributed by atoms with E-state index >= 15 is 0 Å². The van der Waals surface area contributed by atoms with Gasteiger partial charge in [-0.3, -0.25) is 9.69 Å². The van der Waals surface area contributed by atoms with Crippen LogP contribution in [-0.4, -0.2) is 93.2 Å². The number of amides is 1. The molecule has 2 saturated heterocycles. The summed E-state index contributed by atoms with van der Waals surface area (Å²) in [5, 5.41) is 0. The highest BCUT2D eigenvalue weighted by Crippen LogP contribution is 2.32. The van der Waals surface area contributed by atoms with Gasteiger partial charge in [-0.1, -0.05) is 30.3 Å².